The van der Waals surface area contributed by atoms with Crippen LogP contribution < -0.4 is 11.5 Å². The monoisotopic (exact) mass is 286 g/mol. The molecule has 2 unspecified atom stereocenters. The van der Waals surface area contributed by atoms with E-state index in [0.29, 0.717) is 18.5 Å². The zero-order chi connectivity index (χ0) is 14.6. The number of benzene rings is 1. The van der Waals surface area contributed by atoms with Crippen LogP contribution in [0.1, 0.15) is 31.9 Å². The van der Waals surface area contributed by atoms with Crippen LogP contribution in [0.2, 0.25) is 0 Å². The molecule has 0 saturated heterocycles. The number of hydrogen-bond donors (Lipinski definition) is 3. The second-order valence-corrected chi connectivity index (χ2v) is 7.35. The average molecular weight is 286 g/mol. The highest BCUT2D eigenvalue weighted by Crippen LogP contribution is 2.21. The quantitative estimate of drug-likeness (QED) is 0.709. The Morgan fingerprint density at radius 1 is 1.21 bits per heavy atom. The Kier molecular flexibility index (Phi) is 5.49. The van der Waals surface area contributed by atoms with Crippen molar-refractivity contribution in [3.05, 3.63) is 29.8 Å². The number of hydrogen-bond acceptors (Lipinski definition) is 5. The average Bonchev–Trinajstić information content (AvgIpc) is 2.38. The van der Waals surface area contributed by atoms with Crippen LogP contribution >= 0.6 is 0 Å². The normalized spacial score (nSPS) is 15.5. The topological polar surface area (TPSA) is 106 Å². The number of aliphatic hydroxyl groups is 1. The van der Waals surface area contributed by atoms with E-state index in [-0.39, 0.29) is 4.90 Å². The molecule has 0 aliphatic carbocycles. The zero-order valence-electron chi connectivity index (χ0n) is 11.3. The molecule has 19 heavy (non-hydrogen) atoms. The number of sulfone groups is 1. The van der Waals surface area contributed by atoms with Crippen LogP contribution in [-0.4, -0.2) is 31.4 Å². The van der Waals surface area contributed by atoms with Crippen LogP contribution in [0.5, 0.6) is 0 Å². The summed E-state index contributed by atoms with van der Waals surface area (Å²) in [6, 6.07) is 5.75. The van der Waals surface area contributed by atoms with Crippen LogP contribution in [-0.2, 0) is 9.84 Å². The van der Waals surface area contributed by atoms with Gasteiger partial charge in [-0.2, -0.15) is 0 Å². The molecule has 0 aromatic heterocycles. The van der Waals surface area contributed by atoms with Crippen molar-refractivity contribution in [1.29, 1.82) is 0 Å². The van der Waals surface area contributed by atoms with E-state index in [4.69, 9.17) is 11.5 Å². The number of rotatable bonds is 6. The molecular weight excluding hydrogens is 264 g/mol. The van der Waals surface area contributed by atoms with Gasteiger partial charge < -0.3 is 16.6 Å². The highest BCUT2D eigenvalue weighted by Gasteiger charge is 2.20. The lowest BCUT2D eigenvalue weighted by Crippen LogP contribution is -2.30. The summed E-state index contributed by atoms with van der Waals surface area (Å²) in [6.45, 7) is 3.67. The Morgan fingerprint density at radius 3 is 2.16 bits per heavy atom. The van der Waals surface area contributed by atoms with Gasteiger partial charge in [-0.15, -0.1) is 0 Å². The van der Waals surface area contributed by atoms with Gasteiger partial charge >= 0.3 is 0 Å². The van der Waals surface area contributed by atoms with E-state index in [2.05, 4.69) is 0 Å². The van der Waals surface area contributed by atoms with Crippen LogP contribution in [0.25, 0.3) is 0 Å². The minimum atomic E-state index is -3.28. The fourth-order valence-corrected chi connectivity index (χ4v) is 2.78. The predicted octanol–water partition coefficient (Wildman–Crippen LogP) is 0.578. The molecule has 0 aliphatic heterocycles. The summed E-state index contributed by atoms with van der Waals surface area (Å²) in [5.74, 6) is 0. The van der Waals surface area contributed by atoms with E-state index in [0.717, 1.165) is 0 Å². The van der Waals surface area contributed by atoms with E-state index in [1.807, 2.05) is 0 Å². The lowest BCUT2D eigenvalue weighted by atomic mass is 10.0. The Morgan fingerprint density at radius 2 is 1.74 bits per heavy atom. The largest absolute Gasteiger partial charge is 0.387 e. The van der Waals surface area contributed by atoms with E-state index >= 15 is 0 Å². The van der Waals surface area contributed by atoms with Crippen LogP contribution in [0.15, 0.2) is 29.2 Å². The molecule has 2 atom stereocenters. The maximum Gasteiger partial charge on any atom is 0.180 e. The summed E-state index contributed by atoms with van der Waals surface area (Å²) in [5, 5.41) is 9.52. The first-order chi connectivity index (χ1) is 8.80. The van der Waals surface area contributed by atoms with Crippen molar-refractivity contribution in [3.8, 4) is 0 Å². The van der Waals surface area contributed by atoms with Crippen molar-refractivity contribution in [3.63, 3.8) is 0 Å². The molecular formula is C13H22N2O3S. The first-order valence-electron chi connectivity index (χ1n) is 6.28. The van der Waals surface area contributed by atoms with Crippen LogP contribution in [0.4, 0.5) is 0 Å². The molecule has 0 bridgehead atoms. The van der Waals surface area contributed by atoms with Crippen molar-refractivity contribution in [2.75, 3.05) is 6.54 Å². The SMILES string of the molecule is CC(C)S(=O)(=O)c1ccc(C(O)C(N)CCN)cc1. The van der Waals surface area contributed by atoms with Gasteiger partial charge in [0.25, 0.3) is 0 Å². The summed E-state index contributed by atoms with van der Waals surface area (Å²) >= 11 is 0. The lowest BCUT2D eigenvalue weighted by Gasteiger charge is -2.19. The molecule has 6 heteroatoms. The van der Waals surface area contributed by atoms with Gasteiger partial charge in [-0.1, -0.05) is 12.1 Å². The summed E-state index contributed by atoms with van der Waals surface area (Å²) in [6.07, 6.45) is -0.327. The predicted molar refractivity (Wildman–Crippen MR) is 75.4 cm³/mol. The van der Waals surface area contributed by atoms with Crippen LogP contribution in [0, 0.1) is 0 Å². The van der Waals surface area contributed by atoms with E-state index < -0.39 is 27.2 Å². The van der Waals surface area contributed by atoms with Gasteiger partial charge in [-0.3, -0.25) is 0 Å². The molecule has 5 nitrogen and oxygen atoms in total. The molecule has 0 saturated carbocycles. The third kappa shape index (κ3) is 3.76. The standard InChI is InChI=1S/C13H22N2O3S/c1-9(2)19(17,18)11-5-3-10(4-6-11)13(16)12(15)7-8-14/h3-6,9,12-13,16H,7-8,14-15H2,1-2H3. The maximum atomic E-state index is 11.9. The van der Waals surface area contributed by atoms with Gasteiger partial charge in [0.15, 0.2) is 9.84 Å². The van der Waals surface area contributed by atoms with Gasteiger partial charge in [-0.25, -0.2) is 8.42 Å². The van der Waals surface area contributed by atoms with Gasteiger partial charge in [0.05, 0.1) is 16.2 Å². The fourth-order valence-electron chi connectivity index (χ4n) is 1.72. The molecule has 1 rings (SSSR count). The molecule has 0 heterocycles. The summed E-state index contributed by atoms with van der Waals surface area (Å²) in [7, 11) is -3.28. The summed E-state index contributed by atoms with van der Waals surface area (Å²) in [4.78, 5) is 0.255. The molecule has 0 spiro atoms. The van der Waals surface area contributed by atoms with Crippen molar-refractivity contribution >= 4 is 9.84 Å². The second-order valence-electron chi connectivity index (χ2n) is 4.85. The molecule has 108 valence electrons. The minimum Gasteiger partial charge on any atom is -0.387 e. The Labute approximate surface area is 114 Å². The van der Waals surface area contributed by atoms with Crippen LogP contribution in [0.3, 0.4) is 0 Å². The third-order valence-electron chi connectivity index (χ3n) is 3.08. The van der Waals surface area contributed by atoms with Gasteiger partial charge in [-0.05, 0) is 44.5 Å². The lowest BCUT2D eigenvalue weighted by molar-refractivity contribution is 0.143. The van der Waals surface area contributed by atoms with Gasteiger partial charge in [0.2, 0.25) is 0 Å². The first kappa shape index (κ1) is 16.1. The number of aliphatic hydroxyl groups excluding tert-OH is 1. The molecule has 0 radical (unpaired) electrons. The third-order valence-corrected chi connectivity index (χ3v) is 5.25. The molecule has 1 aromatic carbocycles. The molecule has 0 fully saturated rings. The molecule has 5 N–H and O–H groups in total. The van der Waals surface area contributed by atoms with Crippen molar-refractivity contribution in [2.45, 2.75) is 42.6 Å². The molecule has 0 aliphatic rings. The summed E-state index contributed by atoms with van der Waals surface area (Å²) in [5.41, 5.74) is 11.8. The maximum absolute atomic E-state index is 11.9. The second kappa shape index (κ2) is 6.47. The molecule has 1 aromatic rings. The highest BCUT2D eigenvalue weighted by atomic mass is 32.2. The Hall–Kier alpha value is -0.950. The van der Waals surface area contributed by atoms with Crippen molar-refractivity contribution < 1.29 is 13.5 Å². The highest BCUT2D eigenvalue weighted by molar-refractivity contribution is 7.92. The smallest absolute Gasteiger partial charge is 0.180 e. The Bertz CT molecular complexity index is 497. The van der Waals surface area contributed by atoms with Gasteiger partial charge in [0, 0.05) is 6.04 Å². The zero-order valence-corrected chi connectivity index (χ0v) is 12.1. The Balaban J connectivity index is 2.94. The van der Waals surface area contributed by atoms with E-state index in [9.17, 15) is 13.5 Å². The minimum absolute atomic E-state index is 0.255. The van der Waals surface area contributed by atoms with Crippen molar-refractivity contribution in [2.24, 2.45) is 11.5 Å². The summed E-state index contributed by atoms with van der Waals surface area (Å²) < 4.78 is 23.9. The van der Waals surface area contributed by atoms with Gasteiger partial charge in [0.1, 0.15) is 0 Å². The van der Waals surface area contributed by atoms with Crippen molar-refractivity contribution in [1.82, 2.24) is 0 Å². The molecule has 0 amide bonds. The first-order valence-corrected chi connectivity index (χ1v) is 7.83. The van der Waals surface area contributed by atoms with E-state index in [1.54, 1.807) is 26.0 Å². The fraction of sp³-hybridized carbons (Fsp3) is 0.538. The number of nitrogens with two attached hydrogens (primary N) is 2. The van der Waals surface area contributed by atoms with E-state index in [1.165, 1.54) is 12.1 Å².